The normalized spacial score (nSPS) is 11.1. The molecular weight excluding hydrogens is 307 g/mol. The van der Waals surface area contributed by atoms with E-state index in [-0.39, 0.29) is 0 Å². The molecule has 0 aliphatic carbocycles. The van der Waals surface area contributed by atoms with Crippen LogP contribution in [-0.4, -0.2) is 20.9 Å². The summed E-state index contributed by atoms with van der Waals surface area (Å²) in [4.78, 5) is 8.32. The minimum atomic E-state index is 0.291. The van der Waals surface area contributed by atoms with Crippen LogP contribution in [0.5, 0.6) is 0 Å². The number of aromatic nitrogens is 3. The van der Waals surface area contributed by atoms with Gasteiger partial charge >= 0.3 is 0 Å². The number of benzene rings is 1. The maximum atomic E-state index is 6.08. The van der Waals surface area contributed by atoms with Gasteiger partial charge in [0.1, 0.15) is 0 Å². The zero-order valence-electron chi connectivity index (χ0n) is 10.8. The largest absolute Gasteiger partial charge is 0.264 e. The first-order chi connectivity index (χ1) is 10.2. The Morgan fingerprint density at radius 2 is 1.90 bits per heavy atom. The fourth-order valence-corrected chi connectivity index (χ4v) is 2.07. The van der Waals surface area contributed by atoms with Crippen molar-refractivity contribution in [2.24, 2.45) is 5.10 Å². The highest BCUT2D eigenvalue weighted by molar-refractivity contribution is 6.30. The van der Waals surface area contributed by atoms with E-state index in [1.165, 1.54) is 4.68 Å². The molecule has 4 nitrogen and oxygen atoms in total. The predicted octanol–water partition coefficient (Wildman–Crippen LogP) is 4.13. The molecule has 104 valence electrons. The van der Waals surface area contributed by atoms with E-state index in [1.807, 2.05) is 24.3 Å². The van der Waals surface area contributed by atoms with Crippen LogP contribution < -0.4 is 0 Å². The van der Waals surface area contributed by atoms with Gasteiger partial charge in [-0.25, -0.2) is 9.66 Å². The Labute approximate surface area is 131 Å². The molecule has 0 fully saturated rings. The molecule has 2 heterocycles. The molecule has 0 N–H and O–H groups in total. The summed E-state index contributed by atoms with van der Waals surface area (Å²) in [7, 11) is 0. The van der Waals surface area contributed by atoms with Crippen molar-refractivity contribution in [3.05, 3.63) is 70.9 Å². The number of pyridine rings is 1. The zero-order valence-corrected chi connectivity index (χ0v) is 12.3. The van der Waals surface area contributed by atoms with E-state index in [0.717, 1.165) is 16.8 Å². The van der Waals surface area contributed by atoms with Gasteiger partial charge in [0.15, 0.2) is 0 Å². The minimum absolute atomic E-state index is 0.291. The van der Waals surface area contributed by atoms with Crippen molar-refractivity contribution in [3.63, 3.8) is 0 Å². The highest BCUT2D eigenvalue weighted by Crippen LogP contribution is 2.19. The van der Waals surface area contributed by atoms with Crippen molar-refractivity contribution in [2.75, 3.05) is 0 Å². The second-order valence-electron chi connectivity index (χ2n) is 4.28. The van der Waals surface area contributed by atoms with Gasteiger partial charge in [-0.15, -0.1) is 0 Å². The van der Waals surface area contributed by atoms with Crippen molar-refractivity contribution >= 4 is 29.4 Å². The van der Waals surface area contributed by atoms with Gasteiger partial charge in [-0.3, -0.25) is 4.98 Å². The molecule has 0 saturated heterocycles. The van der Waals surface area contributed by atoms with Crippen molar-refractivity contribution in [1.82, 2.24) is 14.6 Å². The van der Waals surface area contributed by atoms with E-state index >= 15 is 0 Å². The molecule has 0 bridgehead atoms. The van der Waals surface area contributed by atoms with E-state index in [1.54, 1.807) is 36.9 Å². The predicted molar refractivity (Wildman–Crippen MR) is 84.9 cm³/mol. The topological polar surface area (TPSA) is 43.1 Å². The van der Waals surface area contributed by atoms with E-state index in [4.69, 9.17) is 23.2 Å². The maximum Gasteiger partial charge on any atom is 0.224 e. The van der Waals surface area contributed by atoms with Crippen LogP contribution in [0, 0.1) is 0 Å². The third-order valence-corrected chi connectivity index (χ3v) is 3.31. The Hall–Kier alpha value is -2.17. The average molecular weight is 317 g/mol. The average Bonchev–Trinajstić information content (AvgIpc) is 2.89. The van der Waals surface area contributed by atoms with Gasteiger partial charge in [0, 0.05) is 23.0 Å². The van der Waals surface area contributed by atoms with Crippen LogP contribution in [0.3, 0.4) is 0 Å². The second-order valence-corrected chi connectivity index (χ2v) is 5.05. The van der Waals surface area contributed by atoms with Crippen molar-refractivity contribution in [2.45, 2.75) is 0 Å². The van der Waals surface area contributed by atoms with Crippen LogP contribution in [-0.2, 0) is 0 Å². The molecule has 0 atom stereocenters. The Balaban J connectivity index is 1.86. The first-order valence-corrected chi connectivity index (χ1v) is 6.93. The third-order valence-electron chi connectivity index (χ3n) is 2.80. The van der Waals surface area contributed by atoms with Crippen LogP contribution in [0.2, 0.25) is 10.3 Å². The smallest absolute Gasteiger partial charge is 0.224 e. The SMILES string of the molecule is Clc1ccc(/C=N\n2cc(-c3cccnc3)nc2Cl)cc1. The molecule has 2 aromatic heterocycles. The summed E-state index contributed by atoms with van der Waals surface area (Å²) in [6.45, 7) is 0. The molecular formula is C15H10Cl2N4. The summed E-state index contributed by atoms with van der Waals surface area (Å²) < 4.78 is 1.51. The van der Waals surface area contributed by atoms with E-state index in [0.29, 0.717) is 10.3 Å². The summed E-state index contributed by atoms with van der Waals surface area (Å²) >= 11 is 11.9. The third kappa shape index (κ3) is 3.29. The van der Waals surface area contributed by atoms with E-state index in [2.05, 4.69) is 15.1 Å². The molecule has 1 aromatic carbocycles. The lowest BCUT2D eigenvalue weighted by Gasteiger charge is -1.95. The standard InChI is InChI=1S/C15H10Cl2N4/c16-13-5-3-11(4-6-13)8-19-21-10-14(20-15(21)17)12-2-1-7-18-9-12/h1-10H/b19-8-. The molecule has 0 saturated carbocycles. The number of imidazole rings is 1. The van der Waals surface area contributed by atoms with Gasteiger partial charge in [-0.1, -0.05) is 23.7 Å². The number of nitrogens with zero attached hydrogens (tertiary/aromatic N) is 4. The molecule has 0 amide bonds. The lowest BCUT2D eigenvalue weighted by atomic mass is 10.2. The number of hydrogen-bond donors (Lipinski definition) is 0. The molecule has 3 rings (SSSR count). The van der Waals surface area contributed by atoms with Crippen molar-refractivity contribution < 1.29 is 0 Å². The molecule has 0 unspecified atom stereocenters. The van der Waals surface area contributed by atoms with Gasteiger partial charge < -0.3 is 0 Å². The molecule has 0 spiro atoms. The Bertz CT molecular complexity index is 764. The first-order valence-electron chi connectivity index (χ1n) is 6.17. The zero-order chi connectivity index (χ0) is 14.7. The second kappa shape index (κ2) is 6.08. The van der Waals surface area contributed by atoms with E-state index < -0.39 is 0 Å². The molecule has 0 aliphatic heterocycles. The molecule has 21 heavy (non-hydrogen) atoms. The molecule has 3 aromatic rings. The fraction of sp³-hybridized carbons (Fsp3) is 0. The Morgan fingerprint density at radius 1 is 1.10 bits per heavy atom. The Kier molecular flexibility index (Phi) is 3.99. The summed E-state index contributed by atoms with van der Waals surface area (Å²) in [5, 5.41) is 5.26. The summed E-state index contributed by atoms with van der Waals surface area (Å²) in [5.74, 6) is 0. The van der Waals surface area contributed by atoms with Crippen LogP contribution in [0.4, 0.5) is 0 Å². The highest BCUT2D eigenvalue weighted by atomic mass is 35.5. The van der Waals surface area contributed by atoms with Crippen molar-refractivity contribution in [1.29, 1.82) is 0 Å². The van der Waals surface area contributed by atoms with Crippen LogP contribution in [0.25, 0.3) is 11.3 Å². The summed E-state index contributed by atoms with van der Waals surface area (Å²) in [6, 6.07) is 11.1. The van der Waals surface area contributed by atoms with Crippen molar-refractivity contribution in [3.8, 4) is 11.3 Å². The maximum absolute atomic E-state index is 6.08. The summed E-state index contributed by atoms with van der Waals surface area (Å²) in [6.07, 6.45) is 6.88. The van der Waals surface area contributed by atoms with Gasteiger partial charge in [-0.05, 0) is 41.4 Å². The number of rotatable bonds is 3. The van der Waals surface area contributed by atoms with Crippen LogP contribution >= 0.6 is 23.2 Å². The van der Waals surface area contributed by atoms with Gasteiger partial charge in [-0.2, -0.15) is 5.10 Å². The highest BCUT2D eigenvalue weighted by Gasteiger charge is 2.06. The minimum Gasteiger partial charge on any atom is -0.264 e. The lowest BCUT2D eigenvalue weighted by molar-refractivity contribution is 0.883. The molecule has 6 heteroatoms. The quantitative estimate of drug-likeness (QED) is 0.682. The Morgan fingerprint density at radius 3 is 2.62 bits per heavy atom. The molecule has 0 aliphatic rings. The van der Waals surface area contributed by atoms with Crippen LogP contribution in [0.15, 0.2) is 60.1 Å². The number of halogens is 2. The van der Waals surface area contributed by atoms with Crippen LogP contribution in [0.1, 0.15) is 5.56 Å². The lowest BCUT2D eigenvalue weighted by Crippen LogP contribution is -1.88. The fourth-order valence-electron chi connectivity index (χ4n) is 1.76. The van der Waals surface area contributed by atoms with Gasteiger partial charge in [0.25, 0.3) is 0 Å². The number of hydrogen-bond acceptors (Lipinski definition) is 3. The van der Waals surface area contributed by atoms with Gasteiger partial charge in [0.05, 0.1) is 18.1 Å². The monoisotopic (exact) mass is 316 g/mol. The van der Waals surface area contributed by atoms with E-state index in [9.17, 15) is 0 Å². The first kappa shape index (κ1) is 13.8. The summed E-state index contributed by atoms with van der Waals surface area (Å²) in [5.41, 5.74) is 2.54. The molecule has 0 radical (unpaired) electrons. The van der Waals surface area contributed by atoms with Gasteiger partial charge in [0.2, 0.25) is 5.28 Å².